The van der Waals surface area contributed by atoms with E-state index < -0.39 is 55.3 Å². The topological polar surface area (TPSA) is 60.7 Å². The van der Waals surface area contributed by atoms with Crippen molar-refractivity contribution < 1.29 is 89.3 Å². The van der Waals surface area contributed by atoms with E-state index >= 15 is 0 Å². The lowest BCUT2D eigenvalue weighted by atomic mass is 9.91. The van der Waals surface area contributed by atoms with Crippen LogP contribution in [-0.2, 0) is 0 Å². The summed E-state index contributed by atoms with van der Waals surface area (Å²) in [6, 6.07) is 0. The zero-order chi connectivity index (χ0) is 24.5. The van der Waals surface area contributed by atoms with Crippen LogP contribution in [-0.4, -0.2) is 62.1 Å². The molecule has 0 aromatic carbocycles. The van der Waals surface area contributed by atoms with Crippen molar-refractivity contribution in [1.29, 1.82) is 0 Å². The molecule has 0 aliphatic heterocycles. The fraction of sp³-hybridized carbons (Fsp3) is 1.00. The minimum Gasteiger partial charge on any atom is -0.192 e. The first-order valence-corrected chi connectivity index (χ1v) is 7.43. The first-order chi connectivity index (χ1) is 12.0. The highest BCUT2D eigenvalue weighted by atomic mass is 31.2. The highest BCUT2D eigenvalue weighted by molar-refractivity contribution is 7.60. The van der Waals surface area contributed by atoms with E-state index in [1.807, 2.05) is 0 Å². The second-order valence-electron chi connectivity index (χ2n) is 5.05. The minimum atomic E-state index is -8.83. The lowest BCUT2D eigenvalue weighted by Crippen LogP contribution is -2.74. The predicted molar refractivity (Wildman–Crippen MR) is 54.3 cm³/mol. The highest BCUT2D eigenvalue weighted by Crippen LogP contribution is 2.72. The van der Waals surface area contributed by atoms with Crippen LogP contribution in [0.25, 0.3) is 0 Å². The Morgan fingerprint density at radius 1 is 0.345 bits per heavy atom. The fourth-order valence-corrected chi connectivity index (χ4v) is 1.86. The van der Waals surface area contributed by atoms with E-state index in [2.05, 4.69) is 0 Å². The average molecular weight is 501 g/mol. The van der Waals surface area contributed by atoms with Crippen LogP contribution in [0.4, 0.5) is 74.6 Å². The Kier molecular flexibility index (Phi) is 6.36. The molecule has 0 saturated carbocycles. The van der Waals surface area contributed by atoms with Crippen molar-refractivity contribution in [2.45, 2.75) is 47.4 Å². The van der Waals surface area contributed by atoms with E-state index in [9.17, 15) is 74.6 Å². The lowest BCUT2D eigenvalue weighted by molar-refractivity contribution is -0.458. The molecule has 0 heterocycles. The third kappa shape index (κ3) is 3.38. The Morgan fingerprint density at radius 3 is 0.759 bits per heavy atom. The average Bonchev–Trinajstić information content (AvgIpc) is 2.43. The third-order valence-electron chi connectivity index (χ3n) is 3.08. The summed E-state index contributed by atoms with van der Waals surface area (Å²) in [7, 11) is -7.72. The van der Waals surface area contributed by atoms with Gasteiger partial charge in [0.25, 0.3) is 0 Å². The molecule has 0 aromatic heterocycles. The van der Waals surface area contributed by atoms with Gasteiger partial charge in [0.05, 0.1) is 0 Å². The summed E-state index contributed by atoms with van der Waals surface area (Å²) in [5.41, 5.74) is -7.59. The van der Waals surface area contributed by atoms with Gasteiger partial charge in [-0.25, -0.2) is 0 Å². The lowest BCUT2D eigenvalue weighted by Gasteiger charge is -2.42. The highest BCUT2D eigenvalue weighted by Gasteiger charge is 2.98. The second-order valence-corrected chi connectivity index (χ2v) is 6.75. The largest absolute Gasteiger partial charge is 0.506 e. The van der Waals surface area contributed by atoms with Crippen molar-refractivity contribution in [3.05, 3.63) is 0 Å². The molecule has 0 bridgehead atoms. The summed E-state index contributed by atoms with van der Waals surface area (Å²) in [5.74, 6) is -51.6. The van der Waals surface area contributed by atoms with E-state index in [0.717, 1.165) is 0 Å². The van der Waals surface area contributed by atoms with Gasteiger partial charge < -0.3 is 0 Å². The Morgan fingerprint density at radius 2 is 0.552 bits per heavy atom. The van der Waals surface area contributed by atoms with E-state index in [0.29, 0.717) is 0 Å². The van der Waals surface area contributed by atoms with Gasteiger partial charge in [0, 0.05) is 0 Å². The van der Waals surface area contributed by atoms with Crippen molar-refractivity contribution in [2.75, 3.05) is 0 Å². The number of alkyl halides is 17. The summed E-state index contributed by atoms with van der Waals surface area (Å²) >= 11 is 0. The Hall–Kier alpha value is -0.880. The van der Waals surface area contributed by atoms with Gasteiger partial charge in [-0.15, -0.1) is 0 Å². The van der Waals surface area contributed by atoms with Crippen molar-refractivity contribution in [3.63, 3.8) is 0 Å². The molecule has 3 N–H and O–H groups in total. The molecule has 0 rings (SSSR count). The van der Waals surface area contributed by atoms with Gasteiger partial charge in [0.1, 0.15) is 0 Å². The maximum Gasteiger partial charge on any atom is 0.506 e. The molecule has 0 spiro atoms. The van der Waals surface area contributed by atoms with E-state index in [-0.39, 0.29) is 0 Å². The summed E-state index contributed by atoms with van der Waals surface area (Å²) in [4.78, 5) is 23.8. The number of hydrogen-bond donors (Lipinski definition) is 3. The molecule has 0 atom stereocenters. The van der Waals surface area contributed by atoms with E-state index in [1.54, 1.807) is 0 Å². The first-order valence-electron chi connectivity index (χ1n) is 5.79. The Labute approximate surface area is 146 Å². The number of hydrogen-bond acceptors (Lipinski definition) is 3. The van der Waals surface area contributed by atoms with Gasteiger partial charge in [0.2, 0.25) is 0 Å². The molecule has 0 radical (unpaired) electrons. The molecule has 176 valence electrons. The predicted octanol–water partition coefficient (Wildman–Crippen LogP) is 4.69. The molecule has 29 heavy (non-hydrogen) atoms. The standard InChI is InChI=1S/C8H3F17O3P/c9-1(10,3(13,14)5(17,18)7(21,22)23)2(11,12)4(15,16)6(19,20)8(24,25)29(26,27)28/h26-28H/q+1. The molecule has 0 saturated heterocycles. The smallest absolute Gasteiger partial charge is 0.192 e. The minimum absolute atomic E-state index is 7.59. The number of halogens is 17. The Balaban J connectivity index is 6.82. The molecule has 0 aliphatic rings. The summed E-state index contributed by atoms with van der Waals surface area (Å²) in [6.07, 6.45) is -7.86. The molecule has 3 nitrogen and oxygen atoms in total. The SMILES string of the molecule is O[P+](O)(O)C(F)(F)C(F)(F)C(F)(F)C(F)(F)C(F)(F)C(F)(F)C(F)(F)C(F)(F)F. The summed E-state index contributed by atoms with van der Waals surface area (Å²) < 4.78 is 216. The van der Waals surface area contributed by atoms with Crippen LogP contribution in [0.15, 0.2) is 0 Å². The van der Waals surface area contributed by atoms with Gasteiger partial charge in [0.15, 0.2) is 0 Å². The molecular weight excluding hydrogens is 498 g/mol. The molecular formula is C8H3F17O3P+. The van der Waals surface area contributed by atoms with Crippen LogP contribution >= 0.6 is 7.94 Å². The second kappa shape index (κ2) is 6.56. The van der Waals surface area contributed by atoms with Crippen LogP contribution in [0.5, 0.6) is 0 Å². The first kappa shape index (κ1) is 28.1. The van der Waals surface area contributed by atoms with Crippen LogP contribution < -0.4 is 0 Å². The van der Waals surface area contributed by atoms with Crippen LogP contribution in [0.1, 0.15) is 0 Å². The molecule has 21 heteroatoms. The molecule has 0 unspecified atom stereocenters. The maximum absolute atomic E-state index is 13.1. The van der Waals surface area contributed by atoms with Gasteiger partial charge in [-0.2, -0.15) is 89.3 Å². The zero-order valence-electron chi connectivity index (χ0n) is 12.2. The van der Waals surface area contributed by atoms with Crippen LogP contribution in [0, 0.1) is 0 Å². The van der Waals surface area contributed by atoms with Crippen molar-refractivity contribution in [1.82, 2.24) is 0 Å². The molecule has 0 aromatic rings. The Bertz CT molecular complexity index is 565. The van der Waals surface area contributed by atoms with Crippen molar-refractivity contribution in [2.24, 2.45) is 0 Å². The van der Waals surface area contributed by atoms with Gasteiger partial charge in [-0.3, -0.25) is 0 Å². The summed E-state index contributed by atoms with van der Waals surface area (Å²) in [5, 5.41) is 0. The van der Waals surface area contributed by atoms with Crippen LogP contribution in [0.3, 0.4) is 0 Å². The van der Waals surface area contributed by atoms with E-state index in [1.165, 1.54) is 0 Å². The molecule has 0 fully saturated rings. The zero-order valence-corrected chi connectivity index (χ0v) is 13.1. The van der Waals surface area contributed by atoms with Crippen LogP contribution in [0.2, 0.25) is 0 Å². The molecule has 0 amide bonds. The van der Waals surface area contributed by atoms with Gasteiger partial charge >= 0.3 is 55.3 Å². The quantitative estimate of drug-likeness (QED) is 0.351. The van der Waals surface area contributed by atoms with Crippen molar-refractivity contribution >= 4 is 7.94 Å². The maximum atomic E-state index is 13.1. The monoisotopic (exact) mass is 501 g/mol. The summed E-state index contributed by atoms with van der Waals surface area (Å²) in [6.45, 7) is 0. The van der Waals surface area contributed by atoms with Gasteiger partial charge in [-0.1, -0.05) is 0 Å². The number of rotatable bonds is 7. The van der Waals surface area contributed by atoms with Crippen molar-refractivity contribution in [3.8, 4) is 0 Å². The fourth-order valence-electron chi connectivity index (χ4n) is 1.34. The van der Waals surface area contributed by atoms with E-state index in [4.69, 9.17) is 14.7 Å². The third-order valence-corrected chi connectivity index (χ3v) is 4.12. The molecule has 0 aliphatic carbocycles. The van der Waals surface area contributed by atoms with Gasteiger partial charge in [-0.05, 0) is 0 Å². The normalized spacial score (nSPS) is 17.0.